The van der Waals surface area contributed by atoms with Crippen LogP contribution >= 0.6 is 22.9 Å². The molecule has 2 heterocycles. The molecule has 0 bridgehead atoms. The topological polar surface area (TPSA) is 71.5 Å². The summed E-state index contributed by atoms with van der Waals surface area (Å²) >= 11 is 7.86. The van der Waals surface area contributed by atoms with Crippen LogP contribution in [0.5, 0.6) is 5.75 Å². The lowest BCUT2D eigenvalue weighted by molar-refractivity contribution is -0.143. The van der Waals surface area contributed by atoms with Gasteiger partial charge in [-0.1, -0.05) is 66.4 Å². The molecule has 0 aliphatic heterocycles. The standard InChI is InChI=1S/C36H35ClN2O3S/c1-2-3-4-8-25(24-42-32-13-19-38-31-14-20-43-33(31)32)21-27-22-26-9-5-6-12-30(26)35(27)15-17-36(18-16-35,34(40)41)39-29-11-7-10-28(37)23-29/h5-7,9-14,19-20,22-23,25,39H,2-3,15-18,21,24H2,1H3,(H,40,41)/t25-,35?,36?/m1/s1. The summed E-state index contributed by atoms with van der Waals surface area (Å²) in [6.45, 7) is 2.62. The average molecular weight is 611 g/mol. The highest BCUT2D eigenvalue weighted by Crippen LogP contribution is 2.55. The highest BCUT2D eigenvalue weighted by molar-refractivity contribution is 7.17. The molecule has 6 rings (SSSR count). The molecule has 2 N–H and O–H groups in total. The number of unbranched alkanes of at least 4 members (excludes halogenated alkanes) is 1. The van der Waals surface area contributed by atoms with E-state index >= 15 is 0 Å². The van der Waals surface area contributed by atoms with Gasteiger partial charge in [-0.25, -0.2) is 4.79 Å². The number of aliphatic carboxylic acids is 1. The Balaban J connectivity index is 1.27. The lowest BCUT2D eigenvalue weighted by Gasteiger charge is -2.46. The number of carbonyl (C=O) groups is 1. The summed E-state index contributed by atoms with van der Waals surface area (Å²) in [5.41, 5.74) is 4.22. The Morgan fingerprint density at radius 2 is 1.98 bits per heavy atom. The Labute approximate surface area is 262 Å². The number of aromatic nitrogens is 1. The van der Waals surface area contributed by atoms with Gasteiger partial charge in [-0.15, -0.1) is 17.3 Å². The van der Waals surface area contributed by atoms with Gasteiger partial charge in [0, 0.05) is 28.7 Å². The summed E-state index contributed by atoms with van der Waals surface area (Å²) < 4.78 is 7.47. The van der Waals surface area contributed by atoms with Gasteiger partial charge in [0.15, 0.2) is 0 Å². The lowest BCUT2D eigenvalue weighted by atomic mass is 9.61. The number of thiophene rings is 1. The lowest BCUT2D eigenvalue weighted by Crippen LogP contribution is -2.52. The van der Waals surface area contributed by atoms with E-state index in [-0.39, 0.29) is 11.3 Å². The van der Waals surface area contributed by atoms with Crippen molar-refractivity contribution >= 4 is 50.9 Å². The van der Waals surface area contributed by atoms with E-state index in [2.05, 4.69) is 59.4 Å². The fourth-order valence-electron chi connectivity index (χ4n) is 6.65. The molecule has 7 heteroatoms. The quantitative estimate of drug-likeness (QED) is 0.185. The highest BCUT2D eigenvalue weighted by Gasteiger charge is 2.51. The zero-order valence-corrected chi connectivity index (χ0v) is 25.8. The van der Waals surface area contributed by atoms with Crippen LogP contribution in [0.1, 0.15) is 63.0 Å². The number of halogens is 1. The summed E-state index contributed by atoms with van der Waals surface area (Å²) in [6.07, 6.45) is 9.20. The largest absolute Gasteiger partial charge is 0.491 e. The van der Waals surface area contributed by atoms with Gasteiger partial charge in [0.1, 0.15) is 17.9 Å². The Hall–Kier alpha value is -3.79. The smallest absolute Gasteiger partial charge is 0.329 e. The van der Waals surface area contributed by atoms with Crippen molar-refractivity contribution in [1.29, 1.82) is 0 Å². The summed E-state index contributed by atoms with van der Waals surface area (Å²) in [7, 11) is 0. The second-order valence-corrected chi connectivity index (χ2v) is 12.9. The molecule has 220 valence electrons. The number of carboxylic acid groups (broad SMARTS) is 1. The number of ether oxygens (including phenoxy) is 1. The molecule has 0 saturated heterocycles. The molecule has 0 amide bonds. The third kappa shape index (κ3) is 5.89. The SMILES string of the molecule is CCCC#C[C@@H](COc1ccnc2ccsc12)CC1=Cc2ccccc2C12CCC(Nc1cccc(Cl)c1)(C(=O)O)CC2. The molecule has 2 aliphatic carbocycles. The molecule has 2 aromatic heterocycles. The number of nitrogens with zero attached hydrogens (tertiary/aromatic N) is 1. The number of hydrogen-bond acceptors (Lipinski definition) is 5. The van der Waals surface area contributed by atoms with Crippen LogP contribution in [0.15, 0.2) is 77.8 Å². The number of hydrogen-bond donors (Lipinski definition) is 2. The first-order chi connectivity index (χ1) is 20.9. The number of carboxylic acids is 1. The van der Waals surface area contributed by atoms with Crippen molar-refractivity contribution in [3.8, 4) is 17.6 Å². The van der Waals surface area contributed by atoms with E-state index in [1.54, 1.807) is 29.7 Å². The third-order valence-corrected chi connectivity index (χ3v) is 10.0. The number of fused-ring (bicyclic) bond motifs is 3. The molecule has 1 fully saturated rings. The summed E-state index contributed by atoms with van der Waals surface area (Å²) in [4.78, 5) is 17.2. The van der Waals surface area contributed by atoms with Crippen LogP contribution in [-0.4, -0.2) is 28.2 Å². The third-order valence-electron chi connectivity index (χ3n) is 8.89. The van der Waals surface area contributed by atoms with Crippen LogP contribution in [-0.2, 0) is 10.2 Å². The second-order valence-electron chi connectivity index (χ2n) is 11.6. The van der Waals surface area contributed by atoms with Crippen LogP contribution in [0.3, 0.4) is 0 Å². The predicted octanol–water partition coefficient (Wildman–Crippen LogP) is 8.98. The first kappa shape index (κ1) is 29.3. The van der Waals surface area contributed by atoms with Crippen LogP contribution in [0.25, 0.3) is 16.3 Å². The van der Waals surface area contributed by atoms with Crippen LogP contribution < -0.4 is 10.1 Å². The molecule has 2 aromatic carbocycles. The Morgan fingerprint density at radius 1 is 1.14 bits per heavy atom. The summed E-state index contributed by atoms with van der Waals surface area (Å²) in [5.74, 6) is 6.94. The van der Waals surface area contributed by atoms with Gasteiger partial charge in [0.2, 0.25) is 0 Å². The van der Waals surface area contributed by atoms with Gasteiger partial charge in [-0.2, -0.15) is 0 Å². The maximum Gasteiger partial charge on any atom is 0.329 e. The minimum atomic E-state index is -1.06. The zero-order valence-electron chi connectivity index (χ0n) is 24.2. The van der Waals surface area contributed by atoms with E-state index < -0.39 is 11.5 Å². The van der Waals surface area contributed by atoms with Gasteiger partial charge in [-0.3, -0.25) is 4.98 Å². The summed E-state index contributed by atoms with van der Waals surface area (Å²) in [5, 5.41) is 16.4. The molecular weight excluding hydrogens is 576 g/mol. The van der Waals surface area contributed by atoms with Gasteiger partial charge in [0.05, 0.1) is 16.1 Å². The zero-order chi connectivity index (χ0) is 29.9. The van der Waals surface area contributed by atoms with Crippen molar-refractivity contribution in [2.45, 2.75) is 62.8 Å². The van der Waals surface area contributed by atoms with Crippen molar-refractivity contribution in [3.63, 3.8) is 0 Å². The predicted molar refractivity (Wildman–Crippen MR) is 176 cm³/mol. The van der Waals surface area contributed by atoms with Gasteiger partial charge in [0.25, 0.3) is 0 Å². The van der Waals surface area contributed by atoms with Crippen LogP contribution in [0.4, 0.5) is 5.69 Å². The number of nitrogens with one attached hydrogen (secondary N) is 1. The van der Waals surface area contributed by atoms with Crippen molar-refractivity contribution < 1.29 is 14.6 Å². The van der Waals surface area contributed by atoms with Crippen molar-refractivity contribution in [3.05, 3.63) is 94.0 Å². The second kappa shape index (κ2) is 12.4. The molecule has 43 heavy (non-hydrogen) atoms. The number of rotatable bonds is 9. The first-order valence-corrected chi connectivity index (χ1v) is 16.2. The van der Waals surface area contributed by atoms with Gasteiger partial charge in [-0.05, 0) is 85.4 Å². The molecule has 4 aromatic rings. The maximum atomic E-state index is 12.8. The molecule has 0 unspecified atom stereocenters. The highest BCUT2D eigenvalue weighted by atomic mass is 35.5. The minimum absolute atomic E-state index is 0.00269. The minimum Gasteiger partial charge on any atom is -0.491 e. The van der Waals surface area contributed by atoms with E-state index in [4.69, 9.17) is 16.3 Å². The molecule has 1 atom stereocenters. The Morgan fingerprint density at radius 3 is 2.77 bits per heavy atom. The number of pyridine rings is 1. The van der Waals surface area contributed by atoms with Crippen molar-refractivity contribution in [2.75, 3.05) is 11.9 Å². The van der Waals surface area contributed by atoms with Gasteiger partial charge < -0.3 is 15.2 Å². The molecule has 1 spiro atoms. The van der Waals surface area contributed by atoms with Gasteiger partial charge >= 0.3 is 5.97 Å². The van der Waals surface area contributed by atoms with E-state index in [0.29, 0.717) is 24.5 Å². The Bertz CT molecular complexity index is 1720. The molecule has 1 saturated carbocycles. The van der Waals surface area contributed by atoms with E-state index in [1.165, 1.54) is 16.7 Å². The first-order valence-electron chi connectivity index (χ1n) is 14.9. The monoisotopic (exact) mass is 610 g/mol. The fourth-order valence-corrected chi connectivity index (χ4v) is 7.66. The van der Waals surface area contributed by atoms with E-state index in [9.17, 15) is 9.90 Å². The molecule has 5 nitrogen and oxygen atoms in total. The molecule has 2 aliphatic rings. The maximum absolute atomic E-state index is 12.8. The van der Waals surface area contributed by atoms with Crippen LogP contribution in [0, 0.1) is 17.8 Å². The number of benzene rings is 2. The Kier molecular flexibility index (Phi) is 8.47. The van der Waals surface area contributed by atoms with E-state index in [1.807, 2.05) is 29.6 Å². The molecule has 0 radical (unpaired) electrons. The summed E-state index contributed by atoms with van der Waals surface area (Å²) in [6, 6.07) is 19.8. The van der Waals surface area contributed by atoms with Crippen molar-refractivity contribution in [1.82, 2.24) is 4.98 Å². The fraction of sp³-hybridized carbons (Fsp3) is 0.333. The average Bonchev–Trinajstić information content (AvgIpc) is 3.61. The van der Waals surface area contributed by atoms with E-state index in [0.717, 1.165) is 53.8 Å². The van der Waals surface area contributed by atoms with Crippen molar-refractivity contribution in [2.24, 2.45) is 5.92 Å². The molecular formula is C36H35ClN2O3S. The number of anilines is 1. The van der Waals surface area contributed by atoms with Crippen LogP contribution in [0.2, 0.25) is 5.02 Å². The normalized spacial score (nSPS) is 21.5. The number of allylic oxidation sites excluding steroid dienone is 1.